The maximum Gasteiger partial charge on any atom is -0.0272 e. The van der Waals surface area contributed by atoms with Crippen LogP contribution in [0, 0.1) is 0 Å². The molecular formula is C16H26. The Hall–Kier alpha value is -0.740. The molecule has 0 amide bonds. The van der Waals surface area contributed by atoms with E-state index in [-0.39, 0.29) is 0 Å². The number of allylic oxidation sites excluding steroid dienone is 3. The monoisotopic (exact) mass is 218 g/mol. The van der Waals surface area contributed by atoms with Gasteiger partial charge in [-0.1, -0.05) is 25.0 Å². The second-order valence-corrected chi connectivity index (χ2v) is 4.72. The summed E-state index contributed by atoms with van der Waals surface area (Å²) in [5, 5.41) is 0. The minimum atomic E-state index is 1.19. The quantitative estimate of drug-likeness (QED) is 0.298. The molecule has 0 bridgehead atoms. The van der Waals surface area contributed by atoms with E-state index in [1.165, 1.54) is 64.2 Å². The molecule has 0 aromatic heterocycles. The second kappa shape index (κ2) is 9.48. The van der Waals surface area contributed by atoms with E-state index in [1.807, 2.05) is 0 Å². The lowest BCUT2D eigenvalue weighted by atomic mass is 10.1. The first-order valence-electron chi connectivity index (χ1n) is 7.00. The summed E-state index contributed by atoms with van der Waals surface area (Å²) in [5.74, 6) is 0. The average molecular weight is 218 g/mol. The molecule has 1 fully saturated rings. The van der Waals surface area contributed by atoms with Crippen molar-refractivity contribution in [1.82, 2.24) is 0 Å². The number of rotatable bonds is 7. The Kier molecular flexibility index (Phi) is 7.90. The van der Waals surface area contributed by atoms with Crippen molar-refractivity contribution in [2.75, 3.05) is 0 Å². The van der Waals surface area contributed by atoms with Gasteiger partial charge in [0.2, 0.25) is 0 Å². The van der Waals surface area contributed by atoms with Gasteiger partial charge in [-0.3, -0.25) is 0 Å². The van der Waals surface area contributed by atoms with Gasteiger partial charge in [0.25, 0.3) is 0 Å². The first-order valence-corrected chi connectivity index (χ1v) is 7.00. The van der Waals surface area contributed by atoms with Crippen molar-refractivity contribution in [3.63, 3.8) is 0 Å². The first kappa shape index (κ1) is 13.3. The van der Waals surface area contributed by atoms with Crippen LogP contribution in [0.4, 0.5) is 0 Å². The van der Waals surface area contributed by atoms with Crippen LogP contribution >= 0.6 is 0 Å². The van der Waals surface area contributed by atoms with Crippen molar-refractivity contribution < 1.29 is 0 Å². The summed E-state index contributed by atoms with van der Waals surface area (Å²) in [5.41, 5.74) is 4.99. The van der Waals surface area contributed by atoms with Crippen molar-refractivity contribution in [3.8, 4) is 0 Å². The minimum absolute atomic E-state index is 1.19. The Balaban J connectivity index is 1.98. The third kappa shape index (κ3) is 6.69. The molecule has 1 rings (SSSR count). The molecule has 1 saturated carbocycles. The smallest absolute Gasteiger partial charge is 0.0272 e. The first-order chi connectivity index (χ1) is 7.93. The molecular weight excluding hydrogens is 192 g/mol. The minimum Gasteiger partial charge on any atom is -0.130 e. The SMILES string of the molecule is CCCCC=C=CCCCC=C1CCCC1. The summed E-state index contributed by atoms with van der Waals surface area (Å²) >= 11 is 0. The number of hydrogen-bond donors (Lipinski definition) is 0. The Bertz CT molecular complexity index is 243. The summed E-state index contributed by atoms with van der Waals surface area (Å²) in [6.45, 7) is 2.23. The highest BCUT2D eigenvalue weighted by atomic mass is 14.1. The van der Waals surface area contributed by atoms with Gasteiger partial charge in [0, 0.05) is 0 Å². The van der Waals surface area contributed by atoms with Crippen molar-refractivity contribution >= 4 is 0 Å². The van der Waals surface area contributed by atoms with E-state index in [9.17, 15) is 0 Å². The van der Waals surface area contributed by atoms with Crippen LogP contribution in [0.15, 0.2) is 29.5 Å². The summed E-state index contributed by atoms with van der Waals surface area (Å²) in [7, 11) is 0. The van der Waals surface area contributed by atoms with Gasteiger partial charge < -0.3 is 0 Å². The third-order valence-electron chi connectivity index (χ3n) is 3.17. The van der Waals surface area contributed by atoms with E-state index >= 15 is 0 Å². The fraction of sp³-hybridized carbons (Fsp3) is 0.688. The van der Waals surface area contributed by atoms with E-state index in [0.29, 0.717) is 0 Å². The number of hydrogen-bond acceptors (Lipinski definition) is 0. The molecule has 1 aliphatic rings. The van der Waals surface area contributed by atoms with E-state index in [0.717, 1.165) is 0 Å². The molecule has 0 heterocycles. The van der Waals surface area contributed by atoms with Gasteiger partial charge >= 0.3 is 0 Å². The molecule has 0 aliphatic heterocycles. The Morgan fingerprint density at radius 1 is 1.00 bits per heavy atom. The molecule has 0 radical (unpaired) electrons. The fourth-order valence-electron chi connectivity index (χ4n) is 2.12. The maximum atomic E-state index is 3.28. The zero-order valence-electron chi connectivity index (χ0n) is 10.8. The molecule has 0 heteroatoms. The van der Waals surface area contributed by atoms with Crippen molar-refractivity contribution in [2.24, 2.45) is 0 Å². The average Bonchev–Trinajstić information content (AvgIpc) is 2.80. The lowest BCUT2D eigenvalue weighted by Crippen LogP contribution is -1.74. The van der Waals surface area contributed by atoms with Gasteiger partial charge in [0.1, 0.15) is 0 Å². The molecule has 0 nitrogen and oxygen atoms in total. The van der Waals surface area contributed by atoms with Crippen LogP contribution < -0.4 is 0 Å². The normalized spacial score (nSPS) is 14.7. The molecule has 0 unspecified atom stereocenters. The van der Waals surface area contributed by atoms with Crippen LogP contribution in [-0.4, -0.2) is 0 Å². The lowest BCUT2D eigenvalue weighted by molar-refractivity contribution is 0.814. The highest BCUT2D eigenvalue weighted by Gasteiger charge is 2.04. The van der Waals surface area contributed by atoms with E-state index < -0.39 is 0 Å². The molecule has 1 aliphatic carbocycles. The molecule has 0 aromatic rings. The maximum absolute atomic E-state index is 3.28. The summed E-state index contributed by atoms with van der Waals surface area (Å²) in [6.07, 6.45) is 19.9. The van der Waals surface area contributed by atoms with E-state index in [2.05, 4.69) is 30.9 Å². The van der Waals surface area contributed by atoms with Crippen molar-refractivity contribution in [2.45, 2.75) is 71.1 Å². The van der Waals surface area contributed by atoms with E-state index in [4.69, 9.17) is 0 Å². The molecule has 0 saturated heterocycles. The molecule has 90 valence electrons. The molecule has 0 spiro atoms. The summed E-state index contributed by atoms with van der Waals surface area (Å²) in [4.78, 5) is 0. The topological polar surface area (TPSA) is 0 Å². The Labute approximate surface area is 101 Å². The van der Waals surface area contributed by atoms with Gasteiger partial charge in [-0.25, -0.2) is 0 Å². The standard InChI is InChI=1S/C16H26/c1-2-3-4-5-6-7-8-9-10-13-16-14-11-12-15-16/h5,7,13H,2-4,8-12,14-15H2,1H3. The zero-order valence-corrected chi connectivity index (χ0v) is 10.8. The van der Waals surface area contributed by atoms with Gasteiger partial charge in [-0.2, -0.15) is 0 Å². The van der Waals surface area contributed by atoms with Crippen LogP contribution in [0.3, 0.4) is 0 Å². The molecule has 16 heavy (non-hydrogen) atoms. The largest absolute Gasteiger partial charge is 0.130 e. The number of unbranched alkanes of at least 4 members (excludes halogenated alkanes) is 4. The van der Waals surface area contributed by atoms with Crippen molar-refractivity contribution in [1.29, 1.82) is 0 Å². The highest BCUT2D eigenvalue weighted by molar-refractivity contribution is 5.05. The third-order valence-corrected chi connectivity index (χ3v) is 3.17. The Morgan fingerprint density at radius 2 is 1.69 bits per heavy atom. The highest BCUT2D eigenvalue weighted by Crippen LogP contribution is 2.24. The summed E-state index contributed by atoms with van der Waals surface area (Å²) < 4.78 is 0. The van der Waals surface area contributed by atoms with Gasteiger partial charge in [-0.05, 0) is 69.9 Å². The molecule has 0 aromatic carbocycles. The van der Waals surface area contributed by atoms with Crippen LogP contribution in [0.1, 0.15) is 71.1 Å². The molecule has 0 N–H and O–H groups in total. The van der Waals surface area contributed by atoms with Gasteiger partial charge in [0.15, 0.2) is 0 Å². The van der Waals surface area contributed by atoms with Gasteiger partial charge in [-0.15, -0.1) is 5.73 Å². The Morgan fingerprint density at radius 3 is 2.38 bits per heavy atom. The van der Waals surface area contributed by atoms with Crippen LogP contribution in [-0.2, 0) is 0 Å². The van der Waals surface area contributed by atoms with Crippen LogP contribution in [0.2, 0.25) is 0 Å². The van der Waals surface area contributed by atoms with Crippen molar-refractivity contribution in [3.05, 3.63) is 29.5 Å². The zero-order chi connectivity index (χ0) is 11.5. The summed E-state index contributed by atoms with van der Waals surface area (Å²) in [6, 6.07) is 0. The van der Waals surface area contributed by atoms with Crippen LogP contribution in [0.5, 0.6) is 0 Å². The van der Waals surface area contributed by atoms with Gasteiger partial charge in [0.05, 0.1) is 0 Å². The predicted octanol–water partition coefficient (Wildman–Crippen LogP) is 5.56. The second-order valence-electron chi connectivity index (χ2n) is 4.72. The fourth-order valence-corrected chi connectivity index (χ4v) is 2.12. The van der Waals surface area contributed by atoms with E-state index in [1.54, 1.807) is 5.57 Å². The molecule has 0 atom stereocenters. The lowest BCUT2D eigenvalue weighted by Gasteiger charge is -1.94. The van der Waals surface area contributed by atoms with Crippen LogP contribution in [0.25, 0.3) is 0 Å². The predicted molar refractivity (Wildman–Crippen MR) is 72.6 cm³/mol.